The van der Waals surface area contributed by atoms with E-state index in [0.717, 1.165) is 5.56 Å². The average Bonchev–Trinajstić information content (AvgIpc) is 2.64. The van der Waals surface area contributed by atoms with Crippen LogP contribution >= 0.6 is 0 Å². The molecular formula is C17H24N5O4. The zero-order valence-corrected chi connectivity index (χ0v) is 14.4. The van der Waals surface area contributed by atoms with E-state index in [4.69, 9.17) is 5.73 Å². The predicted molar refractivity (Wildman–Crippen MR) is 95.5 cm³/mol. The van der Waals surface area contributed by atoms with E-state index < -0.39 is 23.8 Å². The molecule has 0 aliphatic heterocycles. The Morgan fingerprint density at radius 1 is 0.923 bits per heavy atom. The molecule has 0 unspecified atom stereocenters. The van der Waals surface area contributed by atoms with Crippen molar-refractivity contribution in [3.63, 3.8) is 0 Å². The summed E-state index contributed by atoms with van der Waals surface area (Å²) in [6.07, 6.45) is 0.256. The Morgan fingerprint density at radius 3 is 2.15 bits per heavy atom. The van der Waals surface area contributed by atoms with Crippen molar-refractivity contribution in [1.82, 2.24) is 21.3 Å². The van der Waals surface area contributed by atoms with E-state index in [-0.39, 0.29) is 38.5 Å². The molecular weight excluding hydrogens is 338 g/mol. The van der Waals surface area contributed by atoms with Gasteiger partial charge in [0.2, 0.25) is 23.6 Å². The maximum Gasteiger partial charge on any atom is 0.243 e. The van der Waals surface area contributed by atoms with Crippen LogP contribution in [0.4, 0.5) is 0 Å². The normalized spacial score (nSPS) is 11.2. The summed E-state index contributed by atoms with van der Waals surface area (Å²) in [6.45, 7) is 2.89. The number of carbonyl (C=O) groups is 4. The predicted octanol–water partition coefficient (Wildman–Crippen LogP) is -2.14. The Labute approximate surface area is 152 Å². The SMILES string of the molecule is [CH2]CNC(=O)CNC(=O)CNC(=O)[C@H](Cc1ccccc1)NC(=O)CN. The molecule has 0 fully saturated rings. The molecule has 1 rings (SSSR count). The fourth-order valence-electron chi connectivity index (χ4n) is 2.05. The second-order valence-electron chi connectivity index (χ2n) is 5.36. The molecule has 0 heterocycles. The highest BCUT2D eigenvalue weighted by molar-refractivity contribution is 5.92. The summed E-state index contributed by atoms with van der Waals surface area (Å²) in [7, 11) is 0. The Bertz CT molecular complexity index is 621. The van der Waals surface area contributed by atoms with Crippen LogP contribution in [0.25, 0.3) is 0 Å². The number of carbonyl (C=O) groups excluding carboxylic acids is 4. The van der Waals surface area contributed by atoms with Crippen LogP contribution in [0.3, 0.4) is 0 Å². The minimum absolute atomic E-state index is 0.207. The average molecular weight is 362 g/mol. The highest BCUT2D eigenvalue weighted by Gasteiger charge is 2.21. The van der Waals surface area contributed by atoms with Crippen molar-refractivity contribution in [2.75, 3.05) is 26.2 Å². The number of rotatable bonds is 10. The van der Waals surface area contributed by atoms with Crippen molar-refractivity contribution < 1.29 is 19.2 Å². The molecule has 0 aliphatic carbocycles. The molecule has 141 valence electrons. The van der Waals surface area contributed by atoms with Gasteiger partial charge in [0.05, 0.1) is 19.6 Å². The van der Waals surface area contributed by atoms with Crippen molar-refractivity contribution in [2.45, 2.75) is 12.5 Å². The van der Waals surface area contributed by atoms with Crippen molar-refractivity contribution in [1.29, 1.82) is 0 Å². The van der Waals surface area contributed by atoms with Gasteiger partial charge in [0.1, 0.15) is 6.04 Å². The van der Waals surface area contributed by atoms with E-state index in [1.54, 1.807) is 0 Å². The van der Waals surface area contributed by atoms with Gasteiger partial charge in [0, 0.05) is 13.0 Å². The molecule has 0 saturated heterocycles. The molecule has 9 heteroatoms. The van der Waals surface area contributed by atoms with Gasteiger partial charge < -0.3 is 27.0 Å². The lowest BCUT2D eigenvalue weighted by atomic mass is 10.1. The van der Waals surface area contributed by atoms with Gasteiger partial charge in [-0.25, -0.2) is 0 Å². The maximum absolute atomic E-state index is 12.3. The molecule has 0 saturated carbocycles. The second kappa shape index (κ2) is 11.6. The molecule has 0 bridgehead atoms. The Morgan fingerprint density at radius 2 is 1.54 bits per heavy atom. The lowest BCUT2D eigenvalue weighted by Crippen LogP contribution is -2.51. The first-order valence-electron chi connectivity index (χ1n) is 8.10. The molecule has 1 radical (unpaired) electrons. The molecule has 1 aromatic carbocycles. The van der Waals surface area contributed by atoms with Crippen molar-refractivity contribution in [3.05, 3.63) is 42.8 Å². The molecule has 0 spiro atoms. The molecule has 0 aromatic heterocycles. The summed E-state index contributed by atoms with van der Waals surface area (Å²) in [5, 5.41) is 9.75. The van der Waals surface area contributed by atoms with E-state index in [0.29, 0.717) is 0 Å². The first-order valence-corrected chi connectivity index (χ1v) is 8.10. The van der Waals surface area contributed by atoms with E-state index in [1.165, 1.54) is 0 Å². The van der Waals surface area contributed by atoms with Crippen molar-refractivity contribution >= 4 is 23.6 Å². The van der Waals surface area contributed by atoms with Crippen LogP contribution in [0.15, 0.2) is 30.3 Å². The van der Waals surface area contributed by atoms with Crippen LogP contribution in [0.1, 0.15) is 5.56 Å². The summed E-state index contributed by atoms with van der Waals surface area (Å²) in [4.78, 5) is 46.8. The Kier molecular flexibility index (Phi) is 9.40. The second-order valence-corrected chi connectivity index (χ2v) is 5.36. The van der Waals surface area contributed by atoms with E-state index in [1.807, 2.05) is 30.3 Å². The summed E-state index contributed by atoms with van der Waals surface area (Å²) in [5.74, 6) is -1.90. The van der Waals surface area contributed by atoms with E-state index >= 15 is 0 Å². The van der Waals surface area contributed by atoms with Crippen LogP contribution in [-0.4, -0.2) is 55.8 Å². The fourth-order valence-corrected chi connectivity index (χ4v) is 2.05. The van der Waals surface area contributed by atoms with E-state index in [9.17, 15) is 19.2 Å². The first kappa shape index (κ1) is 21.1. The van der Waals surface area contributed by atoms with Gasteiger partial charge in [0.25, 0.3) is 0 Å². The van der Waals surface area contributed by atoms with Crippen LogP contribution in [0.5, 0.6) is 0 Å². The Hall–Kier alpha value is -2.94. The third-order valence-corrected chi connectivity index (χ3v) is 3.31. The molecule has 9 nitrogen and oxygen atoms in total. The summed E-state index contributed by atoms with van der Waals surface area (Å²) >= 11 is 0. The maximum atomic E-state index is 12.3. The van der Waals surface area contributed by atoms with Gasteiger partial charge in [0.15, 0.2) is 0 Å². The van der Waals surface area contributed by atoms with Gasteiger partial charge in [-0.1, -0.05) is 30.3 Å². The third kappa shape index (κ3) is 8.25. The molecule has 0 aliphatic rings. The van der Waals surface area contributed by atoms with Crippen LogP contribution in [0.2, 0.25) is 0 Å². The molecule has 6 N–H and O–H groups in total. The smallest absolute Gasteiger partial charge is 0.243 e. The summed E-state index contributed by atoms with van der Waals surface area (Å²) < 4.78 is 0. The van der Waals surface area contributed by atoms with Crippen molar-refractivity contribution in [2.24, 2.45) is 5.73 Å². The summed E-state index contributed by atoms with van der Waals surface area (Å²) in [5.41, 5.74) is 6.12. The minimum Gasteiger partial charge on any atom is -0.355 e. The molecule has 1 atom stereocenters. The Balaban J connectivity index is 2.55. The van der Waals surface area contributed by atoms with Gasteiger partial charge in [-0.15, -0.1) is 0 Å². The quantitative estimate of drug-likeness (QED) is 0.323. The van der Waals surface area contributed by atoms with Gasteiger partial charge in [-0.2, -0.15) is 0 Å². The molecule has 26 heavy (non-hydrogen) atoms. The third-order valence-electron chi connectivity index (χ3n) is 3.31. The number of hydrogen-bond donors (Lipinski definition) is 5. The van der Waals surface area contributed by atoms with Gasteiger partial charge in [-0.3, -0.25) is 19.2 Å². The fraction of sp³-hybridized carbons (Fsp3) is 0.353. The van der Waals surface area contributed by atoms with Gasteiger partial charge in [-0.05, 0) is 12.5 Å². The monoisotopic (exact) mass is 362 g/mol. The number of nitrogens with two attached hydrogens (primary N) is 1. The van der Waals surface area contributed by atoms with Gasteiger partial charge >= 0.3 is 0 Å². The zero-order valence-electron chi connectivity index (χ0n) is 14.4. The van der Waals surface area contributed by atoms with E-state index in [2.05, 4.69) is 28.2 Å². The number of benzene rings is 1. The van der Waals surface area contributed by atoms with Crippen LogP contribution < -0.4 is 27.0 Å². The zero-order chi connectivity index (χ0) is 19.4. The number of amides is 4. The van der Waals surface area contributed by atoms with Crippen molar-refractivity contribution in [3.8, 4) is 0 Å². The minimum atomic E-state index is -0.865. The number of hydrogen-bond acceptors (Lipinski definition) is 5. The summed E-state index contributed by atoms with van der Waals surface area (Å²) in [6, 6.07) is 8.26. The van der Waals surface area contributed by atoms with Crippen LogP contribution in [0, 0.1) is 6.92 Å². The largest absolute Gasteiger partial charge is 0.355 e. The lowest BCUT2D eigenvalue weighted by molar-refractivity contribution is -0.130. The lowest BCUT2D eigenvalue weighted by Gasteiger charge is -2.18. The molecule has 4 amide bonds. The van der Waals surface area contributed by atoms with Crippen LogP contribution in [-0.2, 0) is 25.6 Å². The standard InChI is InChI=1S/C17H24N5O4/c1-2-19-15(24)10-20-16(25)11-21-17(26)13(22-14(23)9-18)8-12-6-4-3-5-7-12/h3-7,13H,1-2,8-11,18H2,(H,19,24)(H,20,25)(H,21,26)(H,22,23)/t13-/m0/s1. The highest BCUT2D eigenvalue weighted by Crippen LogP contribution is 2.03. The topological polar surface area (TPSA) is 142 Å². The highest BCUT2D eigenvalue weighted by atomic mass is 16.2. The molecule has 1 aromatic rings. The first-order chi connectivity index (χ1) is 12.5. The number of nitrogens with one attached hydrogen (secondary N) is 4.